The molecule has 3 aromatic rings. The predicted molar refractivity (Wildman–Crippen MR) is 77.0 cm³/mol. The Bertz CT molecular complexity index is 719. The number of pyridine rings is 1. The Morgan fingerprint density at radius 3 is 2.75 bits per heavy atom. The highest BCUT2D eigenvalue weighted by molar-refractivity contribution is 5.84. The zero-order chi connectivity index (χ0) is 13.9. The van der Waals surface area contributed by atoms with Crippen LogP contribution in [0.3, 0.4) is 0 Å². The number of hydrogen-bond acceptors (Lipinski definition) is 2. The van der Waals surface area contributed by atoms with Crippen LogP contribution >= 0.6 is 0 Å². The lowest BCUT2D eigenvalue weighted by molar-refractivity contribution is 0.188. The molecule has 1 aromatic carbocycles. The van der Waals surface area contributed by atoms with E-state index >= 15 is 0 Å². The van der Waals surface area contributed by atoms with Gasteiger partial charge >= 0.3 is 0 Å². The summed E-state index contributed by atoms with van der Waals surface area (Å²) in [7, 11) is 1.68. The van der Waals surface area contributed by atoms with Crippen molar-refractivity contribution < 1.29 is 9.13 Å². The van der Waals surface area contributed by atoms with E-state index in [2.05, 4.69) is 15.6 Å². The Labute approximate surface area is 116 Å². The number of methoxy groups -OCH3 is 1. The van der Waals surface area contributed by atoms with Gasteiger partial charge < -0.3 is 9.30 Å². The van der Waals surface area contributed by atoms with Gasteiger partial charge in [-0.3, -0.25) is 0 Å². The zero-order valence-electron chi connectivity index (χ0n) is 11.2. The van der Waals surface area contributed by atoms with Gasteiger partial charge in [-0.25, -0.2) is 9.37 Å². The van der Waals surface area contributed by atoms with Crippen molar-refractivity contribution in [2.75, 3.05) is 13.7 Å². The minimum Gasteiger partial charge on any atom is -0.383 e. The lowest BCUT2D eigenvalue weighted by atomic mass is 10.1. The van der Waals surface area contributed by atoms with Crippen LogP contribution in [0, 0.1) is 5.82 Å². The van der Waals surface area contributed by atoms with Gasteiger partial charge in [0.05, 0.1) is 12.3 Å². The average Bonchev–Trinajstić information content (AvgIpc) is 2.84. The molecule has 0 radical (unpaired) electrons. The first-order chi connectivity index (χ1) is 9.79. The Hall–Kier alpha value is -2.20. The van der Waals surface area contributed by atoms with E-state index in [9.17, 15) is 4.39 Å². The number of ether oxygens (including phenoxy) is 1. The Morgan fingerprint density at radius 1 is 1.20 bits per heavy atom. The zero-order valence-corrected chi connectivity index (χ0v) is 11.2. The average molecular weight is 270 g/mol. The number of hydrogen-bond donors (Lipinski definition) is 0. The van der Waals surface area contributed by atoms with Gasteiger partial charge in [0.2, 0.25) is 0 Å². The van der Waals surface area contributed by atoms with Gasteiger partial charge in [-0.05, 0) is 48.0 Å². The Morgan fingerprint density at radius 2 is 2.00 bits per heavy atom. The molecule has 0 aliphatic carbocycles. The lowest BCUT2D eigenvalue weighted by Crippen LogP contribution is -2.06. The van der Waals surface area contributed by atoms with Crippen LogP contribution in [0.25, 0.3) is 22.3 Å². The maximum absolute atomic E-state index is 13.1. The largest absolute Gasteiger partial charge is 0.383 e. The third-order valence-electron chi connectivity index (χ3n) is 3.31. The second kappa shape index (κ2) is 5.43. The maximum atomic E-state index is 13.1. The minimum absolute atomic E-state index is 0.230. The molecule has 0 fully saturated rings. The summed E-state index contributed by atoms with van der Waals surface area (Å²) >= 11 is 0. The molecule has 0 spiro atoms. The summed E-state index contributed by atoms with van der Waals surface area (Å²) in [6.45, 7) is 1.32. The molecule has 2 aromatic heterocycles. The highest BCUT2D eigenvalue weighted by atomic mass is 19.1. The van der Waals surface area contributed by atoms with E-state index in [4.69, 9.17) is 4.74 Å². The van der Waals surface area contributed by atoms with Crippen molar-refractivity contribution >= 4 is 11.0 Å². The number of rotatable bonds is 4. The number of nitrogens with zero attached hydrogens (tertiary/aromatic N) is 2. The maximum Gasteiger partial charge on any atom is 0.140 e. The van der Waals surface area contributed by atoms with E-state index in [1.807, 2.05) is 12.1 Å². The van der Waals surface area contributed by atoms with Crippen LogP contribution in [0.1, 0.15) is 0 Å². The fourth-order valence-electron chi connectivity index (χ4n) is 2.36. The van der Waals surface area contributed by atoms with Gasteiger partial charge in [-0.15, -0.1) is 0 Å². The van der Waals surface area contributed by atoms with Crippen LogP contribution in [0.4, 0.5) is 4.39 Å². The number of aromatic nitrogens is 2. The highest BCUT2D eigenvalue weighted by Crippen LogP contribution is 2.27. The lowest BCUT2D eigenvalue weighted by Gasteiger charge is -2.09. The number of benzene rings is 1. The molecule has 3 nitrogen and oxygen atoms in total. The van der Waals surface area contributed by atoms with Gasteiger partial charge in [0.25, 0.3) is 0 Å². The number of fused-ring (bicyclic) bond motifs is 1. The SMILES string of the molecule is COCCn1c(-c2ccc(F)cc2)cc2cccnc21. The van der Waals surface area contributed by atoms with Gasteiger partial charge in [0.1, 0.15) is 11.5 Å². The summed E-state index contributed by atoms with van der Waals surface area (Å²) in [5.74, 6) is -0.230. The minimum atomic E-state index is -0.230. The second-order valence-corrected chi connectivity index (χ2v) is 4.60. The van der Waals surface area contributed by atoms with Crippen LogP contribution in [0.2, 0.25) is 0 Å². The Kier molecular flexibility index (Phi) is 3.48. The summed E-state index contributed by atoms with van der Waals surface area (Å²) in [4.78, 5) is 4.43. The van der Waals surface area contributed by atoms with E-state index in [1.54, 1.807) is 25.4 Å². The fraction of sp³-hybridized carbons (Fsp3) is 0.188. The summed E-state index contributed by atoms with van der Waals surface area (Å²) in [6.07, 6.45) is 1.78. The normalized spacial score (nSPS) is 11.1. The summed E-state index contributed by atoms with van der Waals surface area (Å²) < 4.78 is 20.3. The van der Waals surface area contributed by atoms with Crippen molar-refractivity contribution in [2.24, 2.45) is 0 Å². The van der Waals surface area contributed by atoms with Gasteiger partial charge in [-0.1, -0.05) is 0 Å². The molecule has 0 aliphatic heterocycles. The molecular weight excluding hydrogens is 255 g/mol. The van der Waals surface area contributed by atoms with Crippen molar-refractivity contribution in [3.05, 3.63) is 54.5 Å². The molecule has 3 rings (SSSR count). The molecule has 0 saturated carbocycles. The topological polar surface area (TPSA) is 27.1 Å². The predicted octanol–water partition coefficient (Wildman–Crippen LogP) is 3.49. The molecule has 0 aliphatic rings. The number of halogens is 1. The molecule has 102 valence electrons. The van der Waals surface area contributed by atoms with Crippen molar-refractivity contribution in [3.8, 4) is 11.3 Å². The van der Waals surface area contributed by atoms with Crippen molar-refractivity contribution in [2.45, 2.75) is 6.54 Å². The van der Waals surface area contributed by atoms with E-state index in [0.29, 0.717) is 13.2 Å². The van der Waals surface area contributed by atoms with Crippen molar-refractivity contribution in [3.63, 3.8) is 0 Å². The van der Waals surface area contributed by atoms with Crippen LogP contribution in [0.5, 0.6) is 0 Å². The summed E-state index contributed by atoms with van der Waals surface area (Å²) in [6, 6.07) is 12.5. The molecule has 0 unspecified atom stereocenters. The van der Waals surface area contributed by atoms with Crippen molar-refractivity contribution in [1.29, 1.82) is 0 Å². The smallest absolute Gasteiger partial charge is 0.140 e. The van der Waals surface area contributed by atoms with Crippen LogP contribution in [-0.4, -0.2) is 23.3 Å². The molecule has 20 heavy (non-hydrogen) atoms. The molecule has 0 atom stereocenters. The quantitative estimate of drug-likeness (QED) is 0.725. The third kappa shape index (κ3) is 2.30. The van der Waals surface area contributed by atoms with E-state index in [1.165, 1.54) is 12.1 Å². The molecule has 4 heteroatoms. The van der Waals surface area contributed by atoms with Crippen molar-refractivity contribution in [1.82, 2.24) is 9.55 Å². The first-order valence-corrected chi connectivity index (χ1v) is 6.49. The second-order valence-electron chi connectivity index (χ2n) is 4.60. The summed E-state index contributed by atoms with van der Waals surface area (Å²) in [5, 5.41) is 1.07. The van der Waals surface area contributed by atoms with Crippen LogP contribution in [-0.2, 0) is 11.3 Å². The third-order valence-corrected chi connectivity index (χ3v) is 3.31. The van der Waals surface area contributed by atoms with Gasteiger partial charge in [0, 0.05) is 25.2 Å². The van der Waals surface area contributed by atoms with E-state index in [-0.39, 0.29) is 5.82 Å². The van der Waals surface area contributed by atoms with Gasteiger partial charge in [0.15, 0.2) is 0 Å². The first kappa shape index (κ1) is 12.8. The molecule has 0 bridgehead atoms. The molecule has 0 saturated heterocycles. The molecule has 0 amide bonds. The molecule has 0 N–H and O–H groups in total. The molecular formula is C16H15FN2O. The summed E-state index contributed by atoms with van der Waals surface area (Å²) in [5.41, 5.74) is 2.92. The molecule has 2 heterocycles. The Balaban J connectivity index is 2.15. The monoisotopic (exact) mass is 270 g/mol. The fourth-order valence-corrected chi connectivity index (χ4v) is 2.36. The van der Waals surface area contributed by atoms with E-state index < -0.39 is 0 Å². The van der Waals surface area contributed by atoms with Crippen LogP contribution in [0.15, 0.2) is 48.7 Å². The van der Waals surface area contributed by atoms with E-state index in [0.717, 1.165) is 22.3 Å². The van der Waals surface area contributed by atoms with Gasteiger partial charge in [-0.2, -0.15) is 0 Å². The standard InChI is InChI=1S/C16H15FN2O/c1-20-10-9-19-15(12-4-6-14(17)7-5-12)11-13-3-2-8-18-16(13)19/h2-8,11H,9-10H2,1H3. The highest BCUT2D eigenvalue weighted by Gasteiger charge is 2.11. The van der Waals surface area contributed by atoms with Crippen LogP contribution < -0.4 is 0 Å². The first-order valence-electron chi connectivity index (χ1n) is 6.49.